The Morgan fingerprint density at radius 1 is 1.21 bits per heavy atom. The van der Waals surface area contributed by atoms with Crippen LogP contribution in [0.1, 0.15) is 12.8 Å². The minimum atomic E-state index is -2.58. The van der Waals surface area contributed by atoms with E-state index in [2.05, 4.69) is 15.1 Å². The van der Waals surface area contributed by atoms with Gasteiger partial charge in [0.25, 0.3) is 5.56 Å². The standard InChI is InChI=1S/C19H19F2N5O2/c20-19(21)8-12(9-19)15-11-25(6-7-28-15)18-23-16-14(17(27)24-18)10-22-26(16)13-4-2-1-3-5-13/h1-5,10,12,15H,6-9,11H2,(H,23,24,27). The predicted molar refractivity (Wildman–Crippen MR) is 99.1 cm³/mol. The van der Waals surface area contributed by atoms with E-state index in [1.165, 1.54) is 6.20 Å². The number of benzene rings is 1. The molecule has 0 bridgehead atoms. The number of para-hydroxylation sites is 1. The van der Waals surface area contributed by atoms with Gasteiger partial charge in [-0.3, -0.25) is 9.78 Å². The van der Waals surface area contributed by atoms with E-state index in [0.29, 0.717) is 36.7 Å². The molecule has 0 spiro atoms. The zero-order chi connectivity index (χ0) is 19.3. The molecule has 1 saturated carbocycles. The van der Waals surface area contributed by atoms with E-state index in [4.69, 9.17) is 4.74 Å². The number of halogens is 2. The minimum absolute atomic E-state index is 0.144. The summed E-state index contributed by atoms with van der Waals surface area (Å²) in [6.45, 7) is 1.37. The molecule has 146 valence electrons. The van der Waals surface area contributed by atoms with Crippen LogP contribution >= 0.6 is 0 Å². The van der Waals surface area contributed by atoms with Crippen LogP contribution in [0.5, 0.6) is 0 Å². The Kier molecular flexibility index (Phi) is 3.94. The Bertz CT molecular complexity index is 1060. The molecule has 1 aromatic carbocycles. The van der Waals surface area contributed by atoms with E-state index < -0.39 is 5.92 Å². The molecule has 2 aromatic heterocycles. The van der Waals surface area contributed by atoms with E-state index in [-0.39, 0.29) is 30.4 Å². The summed E-state index contributed by atoms with van der Waals surface area (Å²) in [5.41, 5.74) is 0.988. The van der Waals surface area contributed by atoms with Crippen LogP contribution in [0.3, 0.4) is 0 Å². The van der Waals surface area contributed by atoms with Crippen molar-refractivity contribution in [1.82, 2.24) is 19.7 Å². The summed E-state index contributed by atoms with van der Waals surface area (Å²) in [6.07, 6.45) is 0.925. The fraction of sp³-hybridized carbons (Fsp3) is 0.421. The summed E-state index contributed by atoms with van der Waals surface area (Å²) >= 11 is 0. The lowest BCUT2D eigenvalue weighted by Gasteiger charge is -2.43. The van der Waals surface area contributed by atoms with Gasteiger partial charge in [0.2, 0.25) is 11.9 Å². The van der Waals surface area contributed by atoms with Crippen molar-refractivity contribution in [1.29, 1.82) is 0 Å². The number of ether oxygens (including phenoxy) is 1. The van der Waals surface area contributed by atoms with E-state index in [1.54, 1.807) is 4.68 Å². The number of morpholine rings is 1. The Morgan fingerprint density at radius 3 is 2.75 bits per heavy atom. The summed E-state index contributed by atoms with van der Waals surface area (Å²) in [6, 6.07) is 9.45. The van der Waals surface area contributed by atoms with Gasteiger partial charge in [-0.15, -0.1) is 0 Å². The van der Waals surface area contributed by atoms with Gasteiger partial charge in [0.1, 0.15) is 5.39 Å². The molecule has 1 aliphatic heterocycles. The molecular formula is C19H19F2N5O2. The first-order chi connectivity index (χ1) is 13.5. The molecule has 28 heavy (non-hydrogen) atoms. The number of H-pyrrole nitrogens is 1. The number of nitrogens with zero attached hydrogens (tertiary/aromatic N) is 4. The maximum atomic E-state index is 13.2. The second-order valence-corrected chi connectivity index (χ2v) is 7.40. The molecule has 2 aliphatic rings. The number of nitrogens with one attached hydrogen (secondary N) is 1. The zero-order valence-electron chi connectivity index (χ0n) is 15.0. The van der Waals surface area contributed by atoms with Crippen LogP contribution < -0.4 is 10.5 Å². The smallest absolute Gasteiger partial charge is 0.263 e. The van der Waals surface area contributed by atoms with Crippen molar-refractivity contribution >= 4 is 17.0 Å². The number of hydrogen-bond acceptors (Lipinski definition) is 5. The van der Waals surface area contributed by atoms with Crippen LogP contribution in [-0.2, 0) is 4.74 Å². The maximum absolute atomic E-state index is 13.2. The topological polar surface area (TPSA) is 76.0 Å². The van der Waals surface area contributed by atoms with Crippen LogP contribution in [0.4, 0.5) is 14.7 Å². The molecular weight excluding hydrogens is 368 g/mol. The molecule has 1 aliphatic carbocycles. The van der Waals surface area contributed by atoms with Crippen molar-refractivity contribution in [3.05, 3.63) is 46.9 Å². The second kappa shape index (κ2) is 6.37. The van der Waals surface area contributed by atoms with Gasteiger partial charge < -0.3 is 9.64 Å². The fourth-order valence-corrected chi connectivity index (χ4v) is 3.94. The number of aromatic nitrogens is 4. The summed E-state index contributed by atoms with van der Waals surface area (Å²) < 4.78 is 33.8. The third kappa shape index (κ3) is 2.95. The Morgan fingerprint density at radius 2 is 2.00 bits per heavy atom. The van der Waals surface area contributed by atoms with Crippen LogP contribution in [0.2, 0.25) is 0 Å². The molecule has 0 amide bonds. The third-order valence-corrected chi connectivity index (χ3v) is 5.47. The van der Waals surface area contributed by atoms with Gasteiger partial charge in [0, 0.05) is 25.9 Å². The van der Waals surface area contributed by atoms with Gasteiger partial charge in [-0.2, -0.15) is 10.1 Å². The molecule has 0 radical (unpaired) electrons. The molecule has 1 saturated heterocycles. The van der Waals surface area contributed by atoms with E-state index in [0.717, 1.165) is 5.69 Å². The first-order valence-corrected chi connectivity index (χ1v) is 9.28. The number of fused-ring (bicyclic) bond motifs is 1. The van der Waals surface area contributed by atoms with Gasteiger partial charge >= 0.3 is 0 Å². The first-order valence-electron chi connectivity index (χ1n) is 9.28. The van der Waals surface area contributed by atoms with Crippen molar-refractivity contribution in [2.45, 2.75) is 24.9 Å². The van der Waals surface area contributed by atoms with Gasteiger partial charge in [-0.1, -0.05) is 18.2 Å². The molecule has 1 unspecified atom stereocenters. The van der Waals surface area contributed by atoms with Gasteiger partial charge in [-0.25, -0.2) is 13.5 Å². The summed E-state index contributed by atoms with van der Waals surface area (Å²) in [7, 11) is 0. The Hall–Kier alpha value is -2.81. The van der Waals surface area contributed by atoms with Crippen molar-refractivity contribution in [3.8, 4) is 5.69 Å². The van der Waals surface area contributed by atoms with E-state index >= 15 is 0 Å². The minimum Gasteiger partial charge on any atom is -0.374 e. The molecule has 5 rings (SSSR count). The zero-order valence-corrected chi connectivity index (χ0v) is 15.0. The second-order valence-electron chi connectivity index (χ2n) is 7.40. The molecule has 1 atom stereocenters. The molecule has 1 N–H and O–H groups in total. The quantitative estimate of drug-likeness (QED) is 0.747. The lowest BCUT2D eigenvalue weighted by atomic mass is 9.77. The fourth-order valence-electron chi connectivity index (χ4n) is 3.94. The lowest BCUT2D eigenvalue weighted by Crippen LogP contribution is -2.52. The average Bonchev–Trinajstić information content (AvgIpc) is 3.11. The SMILES string of the molecule is O=c1[nH]c(N2CCOC(C3CC(F)(F)C3)C2)nc2c1cnn2-c1ccccc1. The number of alkyl halides is 2. The van der Waals surface area contributed by atoms with Crippen molar-refractivity contribution < 1.29 is 13.5 Å². The Labute approximate surface area is 158 Å². The van der Waals surface area contributed by atoms with E-state index in [1.807, 2.05) is 35.2 Å². The number of aromatic amines is 1. The van der Waals surface area contributed by atoms with Crippen LogP contribution in [0.15, 0.2) is 41.3 Å². The monoisotopic (exact) mass is 387 g/mol. The predicted octanol–water partition coefficient (Wildman–Crippen LogP) is 2.36. The maximum Gasteiger partial charge on any atom is 0.263 e. The number of anilines is 1. The largest absolute Gasteiger partial charge is 0.374 e. The summed E-state index contributed by atoms with van der Waals surface area (Å²) in [4.78, 5) is 21.9. The van der Waals surface area contributed by atoms with Gasteiger partial charge in [0.05, 0.1) is 24.6 Å². The average molecular weight is 387 g/mol. The molecule has 3 heterocycles. The lowest BCUT2D eigenvalue weighted by molar-refractivity contribution is -0.154. The highest BCUT2D eigenvalue weighted by molar-refractivity contribution is 5.76. The van der Waals surface area contributed by atoms with E-state index in [9.17, 15) is 13.6 Å². The molecule has 2 fully saturated rings. The van der Waals surface area contributed by atoms with Crippen molar-refractivity contribution in [2.75, 3.05) is 24.6 Å². The Balaban J connectivity index is 1.47. The van der Waals surface area contributed by atoms with Gasteiger partial charge in [-0.05, 0) is 18.1 Å². The number of hydrogen-bond donors (Lipinski definition) is 1. The van der Waals surface area contributed by atoms with Gasteiger partial charge in [0.15, 0.2) is 5.65 Å². The van der Waals surface area contributed by atoms with Crippen molar-refractivity contribution in [2.24, 2.45) is 5.92 Å². The molecule has 9 heteroatoms. The first kappa shape index (κ1) is 17.3. The van der Waals surface area contributed by atoms with Crippen molar-refractivity contribution in [3.63, 3.8) is 0 Å². The normalized spacial score (nSPS) is 22.4. The highest BCUT2D eigenvalue weighted by Gasteiger charge is 2.49. The number of rotatable bonds is 3. The third-order valence-electron chi connectivity index (χ3n) is 5.47. The summed E-state index contributed by atoms with van der Waals surface area (Å²) in [5, 5.41) is 4.70. The molecule has 7 nitrogen and oxygen atoms in total. The molecule has 3 aromatic rings. The highest BCUT2D eigenvalue weighted by Crippen LogP contribution is 2.45. The van der Waals surface area contributed by atoms with Crippen LogP contribution in [-0.4, -0.2) is 51.5 Å². The highest BCUT2D eigenvalue weighted by atomic mass is 19.3. The van der Waals surface area contributed by atoms with Crippen LogP contribution in [0.25, 0.3) is 16.7 Å². The van der Waals surface area contributed by atoms with Crippen LogP contribution in [0, 0.1) is 5.92 Å². The summed E-state index contributed by atoms with van der Waals surface area (Å²) in [5.74, 6) is -2.33.